The largest absolute Gasteiger partial charge is 0.573 e. The molecule has 94 valence electrons. The highest BCUT2D eigenvalue weighted by molar-refractivity contribution is 5.95. The van der Waals surface area contributed by atoms with E-state index >= 15 is 0 Å². The molecule has 0 heterocycles. The molecule has 17 heavy (non-hydrogen) atoms. The van der Waals surface area contributed by atoms with Crippen molar-refractivity contribution in [3.8, 4) is 5.75 Å². The topological polar surface area (TPSA) is 61.5 Å². The number of hydrogen-bond donors (Lipinski definition) is 1. The minimum atomic E-state index is -4.79. The number of nitrogen functional groups attached to an aromatic ring is 1. The highest BCUT2D eigenvalue weighted by Crippen LogP contribution is 2.26. The average Bonchev–Trinajstić information content (AvgIpc) is 2.15. The Kier molecular flexibility index (Phi) is 3.82. The van der Waals surface area contributed by atoms with E-state index in [1.165, 1.54) is 0 Å². The average molecular weight is 249 g/mol. The molecule has 0 radical (unpaired) electrons. The third-order valence-electron chi connectivity index (χ3n) is 1.75. The van der Waals surface area contributed by atoms with Crippen LogP contribution < -0.4 is 10.5 Å². The van der Waals surface area contributed by atoms with E-state index in [0.29, 0.717) is 0 Å². The van der Waals surface area contributed by atoms with Crippen LogP contribution in [-0.2, 0) is 4.74 Å². The first-order valence-electron chi connectivity index (χ1n) is 4.66. The summed E-state index contributed by atoms with van der Waals surface area (Å²) in [5.74, 6) is -1.17. The molecule has 0 bridgehead atoms. The number of rotatable bonds is 3. The molecule has 2 N–H and O–H groups in total. The second-order valence-corrected chi connectivity index (χ2v) is 3.02. The van der Waals surface area contributed by atoms with Gasteiger partial charge in [-0.15, -0.1) is 13.2 Å². The van der Waals surface area contributed by atoms with E-state index in [2.05, 4.69) is 9.47 Å². The molecule has 0 unspecified atom stereocenters. The van der Waals surface area contributed by atoms with Crippen molar-refractivity contribution in [2.45, 2.75) is 13.3 Å². The van der Waals surface area contributed by atoms with Crippen molar-refractivity contribution in [3.05, 3.63) is 23.8 Å². The number of esters is 1. The van der Waals surface area contributed by atoms with Crippen LogP contribution >= 0.6 is 0 Å². The molecule has 0 spiro atoms. The van der Waals surface area contributed by atoms with E-state index < -0.39 is 18.1 Å². The maximum Gasteiger partial charge on any atom is 0.573 e. The molecular weight excluding hydrogens is 239 g/mol. The lowest BCUT2D eigenvalue weighted by molar-refractivity contribution is -0.274. The molecule has 1 aromatic rings. The molecule has 7 heteroatoms. The highest BCUT2D eigenvalue weighted by Gasteiger charge is 2.31. The van der Waals surface area contributed by atoms with Crippen molar-refractivity contribution in [2.75, 3.05) is 12.3 Å². The summed E-state index contributed by atoms with van der Waals surface area (Å²) in [7, 11) is 0. The van der Waals surface area contributed by atoms with Crippen LogP contribution in [0.25, 0.3) is 0 Å². The molecule has 0 saturated heterocycles. The first-order valence-corrected chi connectivity index (χ1v) is 4.66. The molecule has 0 amide bonds. The summed E-state index contributed by atoms with van der Waals surface area (Å²) in [6.07, 6.45) is -4.79. The number of halogens is 3. The van der Waals surface area contributed by atoms with Gasteiger partial charge in [-0.25, -0.2) is 4.79 Å². The van der Waals surface area contributed by atoms with Crippen LogP contribution in [0.15, 0.2) is 18.2 Å². The predicted octanol–water partition coefficient (Wildman–Crippen LogP) is 2.34. The molecule has 0 aliphatic carbocycles. The molecule has 0 aromatic heterocycles. The van der Waals surface area contributed by atoms with Gasteiger partial charge in [-0.2, -0.15) is 0 Å². The van der Waals surface area contributed by atoms with Gasteiger partial charge < -0.3 is 15.2 Å². The van der Waals surface area contributed by atoms with Crippen molar-refractivity contribution in [3.63, 3.8) is 0 Å². The normalized spacial score (nSPS) is 11.1. The van der Waals surface area contributed by atoms with E-state index in [9.17, 15) is 18.0 Å². The fraction of sp³-hybridized carbons (Fsp3) is 0.300. The molecule has 1 rings (SSSR count). The predicted molar refractivity (Wildman–Crippen MR) is 53.5 cm³/mol. The van der Waals surface area contributed by atoms with Crippen molar-refractivity contribution in [2.24, 2.45) is 0 Å². The second-order valence-electron chi connectivity index (χ2n) is 3.02. The Balaban J connectivity index is 2.90. The van der Waals surface area contributed by atoms with E-state index in [4.69, 9.17) is 5.73 Å². The van der Waals surface area contributed by atoms with Crippen LogP contribution in [0.5, 0.6) is 5.75 Å². The maximum absolute atomic E-state index is 11.9. The van der Waals surface area contributed by atoms with Crippen molar-refractivity contribution >= 4 is 11.7 Å². The number of nitrogens with two attached hydrogens (primary N) is 1. The van der Waals surface area contributed by atoms with Crippen molar-refractivity contribution in [1.29, 1.82) is 0 Å². The smallest absolute Gasteiger partial charge is 0.462 e. The van der Waals surface area contributed by atoms with Crippen LogP contribution in [0.4, 0.5) is 18.9 Å². The zero-order valence-corrected chi connectivity index (χ0v) is 8.88. The Labute approximate surface area is 95.1 Å². The van der Waals surface area contributed by atoms with Crippen LogP contribution in [0, 0.1) is 0 Å². The third-order valence-corrected chi connectivity index (χ3v) is 1.75. The van der Waals surface area contributed by atoms with Gasteiger partial charge in [0.05, 0.1) is 12.2 Å². The minimum Gasteiger partial charge on any atom is -0.462 e. The number of benzene rings is 1. The van der Waals surface area contributed by atoms with Gasteiger partial charge in [-0.05, 0) is 19.1 Å². The van der Waals surface area contributed by atoms with Gasteiger partial charge in [-0.3, -0.25) is 0 Å². The van der Waals surface area contributed by atoms with Crippen LogP contribution in [0.3, 0.4) is 0 Å². The lowest BCUT2D eigenvalue weighted by Gasteiger charge is -2.10. The molecular formula is C10H10F3NO3. The minimum absolute atomic E-state index is 0.00127. The summed E-state index contributed by atoms with van der Waals surface area (Å²) >= 11 is 0. The van der Waals surface area contributed by atoms with Crippen molar-refractivity contribution in [1.82, 2.24) is 0 Å². The Hall–Kier alpha value is -1.92. The van der Waals surface area contributed by atoms with Gasteiger partial charge in [0.15, 0.2) is 0 Å². The Morgan fingerprint density at radius 1 is 1.41 bits per heavy atom. The van der Waals surface area contributed by atoms with Gasteiger partial charge in [0.2, 0.25) is 0 Å². The standard InChI is InChI=1S/C10H10F3NO3/c1-2-16-9(15)7-4-3-6(5-8(7)14)17-10(11,12)13/h3-5H,2,14H2,1H3. The lowest BCUT2D eigenvalue weighted by Crippen LogP contribution is -2.17. The quantitative estimate of drug-likeness (QED) is 0.659. The fourth-order valence-corrected chi connectivity index (χ4v) is 1.13. The van der Waals surface area contributed by atoms with Gasteiger partial charge in [0.25, 0.3) is 0 Å². The summed E-state index contributed by atoms with van der Waals surface area (Å²) in [5.41, 5.74) is 5.29. The summed E-state index contributed by atoms with van der Waals surface area (Å²) in [6, 6.07) is 3.03. The molecule has 0 atom stereocenters. The number of carbonyl (C=O) groups is 1. The maximum atomic E-state index is 11.9. The molecule has 1 aromatic carbocycles. The van der Waals surface area contributed by atoms with E-state index in [0.717, 1.165) is 18.2 Å². The number of alkyl halides is 3. The number of ether oxygens (including phenoxy) is 2. The third kappa shape index (κ3) is 3.86. The lowest BCUT2D eigenvalue weighted by atomic mass is 10.2. The molecule has 0 aliphatic heterocycles. The SMILES string of the molecule is CCOC(=O)c1ccc(OC(F)(F)F)cc1N. The zero-order valence-electron chi connectivity index (χ0n) is 8.88. The highest BCUT2D eigenvalue weighted by atomic mass is 19.4. The first-order chi connectivity index (χ1) is 7.83. The van der Waals surface area contributed by atoms with Crippen LogP contribution in [0.1, 0.15) is 17.3 Å². The van der Waals surface area contributed by atoms with Gasteiger partial charge >= 0.3 is 12.3 Å². The first kappa shape index (κ1) is 13.1. The second kappa shape index (κ2) is 4.94. The summed E-state index contributed by atoms with van der Waals surface area (Å²) < 4.78 is 44.0. The summed E-state index contributed by atoms with van der Waals surface area (Å²) in [5, 5.41) is 0. The number of anilines is 1. The van der Waals surface area contributed by atoms with Crippen LogP contribution in [-0.4, -0.2) is 18.9 Å². The Morgan fingerprint density at radius 2 is 2.06 bits per heavy atom. The fourth-order valence-electron chi connectivity index (χ4n) is 1.13. The summed E-state index contributed by atoms with van der Waals surface area (Å²) in [4.78, 5) is 11.3. The molecule has 0 saturated carbocycles. The van der Waals surface area contributed by atoms with Crippen LogP contribution in [0.2, 0.25) is 0 Å². The van der Waals surface area contributed by atoms with Crippen molar-refractivity contribution < 1.29 is 27.4 Å². The summed E-state index contributed by atoms with van der Waals surface area (Å²) in [6.45, 7) is 1.76. The number of carbonyl (C=O) groups excluding carboxylic acids is 1. The molecule has 4 nitrogen and oxygen atoms in total. The Bertz CT molecular complexity index is 418. The monoisotopic (exact) mass is 249 g/mol. The molecule has 0 aliphatic rings. The van der Waals surface area contributed by atoms with Gasteiger partial charge in [-0.1, -0.05) is 0 Å². The Morgan fingerprint density at radius 3 is 2.53 bits per heavy atom. The molecule has 0 fully saturated rings. The van der Waals surface area contributed by atoms with E-state index in [1.54, 1.807) is 6.92 Å². The van der Waals surface area contributed by atoms with Gasteiger partial charge in [0.1, 0.15) is 5.75 Å². The zero-order chi connectivity index (χ0) is 13.1. The van der Waals surface area contributed by atoms with E-state index in [-0.39, 0.29) is 17.9 Å². The van der Waals surface area contributed by atoms with Gasteiger partial charge in [0, 0.05) is 11.8 Å². The van der Waals surface area contributed by atoms with E-state index in [1.807, 2.05) is 0 Å². The number of hydrogen-bond acceptors (Lipinski definition) is 4.